The summed E-state index contributed by atoms with van der Waals surface area (Å²) < 4.78 is 4.73. The normalized spacial score (nSPS) is 10.9. The fourth-order valence-corrected chi connectivity index (χ4v) is 3.18. The monoisotopic (exact) mass is 362 g/mol. The Morgan fingerprint density at radius 1 is 1.28 bits per heavy atom. The molecule has 0 saturated heterocycles. The highest BCUT2D eigenvalue weighted by Gasteiger charge is 2.20. The molecule has 0 atom stereocenters. The number of thioether (sulfide) groups is 1. The summed E-state index contributed by atoms with van der Waals surface area (Å²) in [5, 5.41) is 3.58. The number of hydrogen-bond acceptors (Lipinski definition) is 5. The Morgan fingerprint density at radius 3 is 2.68 bits per heavy atom. The third-order valence-electron chi connectivity index (χ3n) is 3.65. The summed E-state index contributed by atoms with van der Waals surface area (Å²) in [4.78, 5) is 39.7. The quantitative estimate of drug-likeness (QED) is 0.584. The number of hydrogen-bond donors (Lipinski definition) is 2. The van der Waals surface area contributed by atoms with E-state index in [0.29, 0.717) is 28.4 Å². The fourth-order valence-electron chi connectivity index (χ4n) is 2.30. The number of esters is 1. The highest BCUT2D eigenvalue weighted by molar-refractivity contribution is 8.00. The lowest BCUT2D eigenvalue weighted by atomic mass is 10.1. The number of pyridine rings is 1. The van der Waals surface area contributed by atoms with E-state index in [0.717, 1.165) is 18.2 Å². The maximum atomic E-state index is 12.6. The van der Waals surface area contributed by atoms with Crippen LogP contribution in [0, 0.1) is 5.92 Å². The van der Waals surface area contributed by atoms with Gasteiger partial charge in [-0.25, -0.2) is 4.79 Å². The molecule has 1 amide bonds. The number of rotatable bonds is 7. The van der Waals surface area contributed by atoms with Crippen LogP contribution >= 0.6 is 11.8 Å². The van der Waals surface area contributed by atoms with Crippen LogP contribution in [0.15, 0.2) is 34.1 Å². The van der Waals surface area contributed by atoms with Gasteiger partial charge < -0.3 is 15.0 Å². The van der Waals surface area contributed by atoms with E-state index in [4.69, 9.17) is 4.74 Å². The van der Waals surface area contributed by atoms with Gasteiger partial charge in [0.15, 0.2) is 0 Å². The van der Waals surface area contributed by atoms with Crippen LogP contribution in [0.3, 0.4) is 0 Å². The predicted octanol–water partition coefficient (Wildman–Crippen LogP) is 2.57. The number of aromatic nitrogens is 1. The number of carbonyl (C=O) groups is 2. The minimum Gasteiger partial charge on any atom is -0.465 e. The van der Waals surface area contributed by atoms with Crippen molar-refractivity contribution in [2.75, 3.05) is 19.4 Å². The van der Waals surface area contributed by atoms with Crippen molar-refractivity contribution in [3.63, 3.8) is 0 Å². The van der Waals surface area contributed by atoms with Crippen LogP contribution in [0.4, 0.5) is 0 Å². The first-order chi connectivity index (χ1) is 11.9. The molecular weight excluding hydrogens is 340 g/mol. The van der Waals surface area contributed by atoms with Crippen molar-refractivity contribution in [1.82, 2.24) is 10.3 Å². The number of amides is 1. The first-order valence-corrected chi connectivity index (χ1v) is 9.05. The van der Waals surface area contributed by atoms with Gasteiger partial charge in [-0.15, -0.1) is 0 Å². The van der Waals surface area contributed by atoms with E-state index in [2.05, 4.69) is 24.1 Å². The second kappa shape index (κ2) is 8.71. The molecule has 0 aliphatic rings. The van der Waals surface area contributed by atoms with Gasteiger partial charge in [-0.3, -0.25) is 9.59 Å². The molecule has 134 valence electrons. The van der Waals surface area contributed by atoms with Crippen molar-refractivity contribution in [3.05, 3.63) is 40.1 Å². The van der Waals surface area contributed by atoms with Gasteiger partial charge in [0.2, 0.25) is 11.3 Å². The zero-order chi connectivity index (χ0) is 18.4. The molecular formula is C18H22N2O4S. The van der Waals surface area contributed by atoms with Crippen LogP contribution in [-0.2, 0) is 9.53 Å². The van der Waals surface area contributed by atoms with E-state index in [-0.39, 0.29) is 17.2 Å². The number of H-pyrrole nitrogens is 1. The van der Waals surface area contributed by atoms with Gasteiger partial charge in [-0.05, 0) is 24.5 Å². The Kier molecular flexibility index (Phi) is 6.64. The van der Waals surface area contributed by atoms with Crippen LogP contribution < -0.4 is 10.7 Å². The van der Waals surface area contributed by atoms with Gasteiger partial charge in [-0.2, -0.15) is 0 Å². The lowest BCUT2D eigenvalue weighted by Gasteiger charge is -2.10. The second-order valence-electron chi connectivity index (χ2n) is 6.02. The molecule has 0 aliphatic carbocycles. The van der Waals surface area contributed by atoms with Crippen molar-refractivity contribution in [3.8, 4) is 0 Å². The van der Waals surface area contributed by atoms with Crippen molar-refractivity contribution >= 4 is 34.5 Å². The molecule has 1 heterocycles. The standard InChI is InChI=1S/C18H22N2O4S/c1-11(2)8-9-19-14(21)10-25-17-15(18(23)24-3)16(22)12-6-4-5-7-13(12)20-17/h4-7,11H,8-10H2,1-3H3,(H,19,21)(H,20,22). The Bertz CT molecular complexity index is 829. The number of ether oxygens (including phenoxy) is 1. The number of aromatic amines is 1. The van der Waals surface area contributed by atoms with Crippen LogP contribution in [-0.4, -0.2) is 36.3 Å². The number of methoxy groups -OCH3 is 1. The number of carbonyl (C=O) groups excluding carboxylic acids is 2. The molecule has 1 aromatic heterocycles. The number of fused-ring (bicyclic) bond motifs is 1. The molecule has 7 heteroatoms. The largest absolute Gasteiger partial charge is 0.465 e. The molecule has 2 rings (SSSR count). The van der Waals surface area contributed by atoms with Gasteiger partial charge in [0.25, 0.3) is 0 Å². The van der Waals surface area contributed by atoms with E-state index < -0.39 is 11.4 Å². The maximum absolute atomic E-state index is 12.6. The molecule has 1 aromatic carbocycles. The van der Waals surface area contributed by atoms with Crippen molar-refractivity contribution in [2.45, 2.75) is 25.3 Å². The zero-order valence-electron chi connectivity index (χ0n) is 14.5. The number of nitrogens with one attached hydrogen (secondary N) is 2. The minimum atomic E-state index is -0.713. The summed E-state index contributed by atoms with van der Waals surface area (Å²) in [7, 11) is 1.23. The molecule has 0 bridgehead atoms. The topological polar surface area (TPSA) is 88.3 Å². The zero-order valence-corrected chi connectivity index (χ0v) is 15.4. The summed E-state index contributed by atoms with van der Waals surface area (Å²) in [5.41, 5.74) is 0.146. The Morgan fingerprint density at radius 2 is 2.00 bits per heavy atom. The number of benzene rings is 1. The molecule has 6 nitrogen and oxygen atoms in total. The van der Waals surface area contributed by atoms with E-state index in [1.165, 1.54) is 7.11 Å². The first kappa shape index (κ1) is 19.1. The highest BCUT2D eigenvalue weighted by atomic mass is 32.2. The third-order valence-corrected chi connectivity index (χ3v) is 4.66. The van der Waals surface area contributed by atoms with E-state index in [1.54, 1.807) is 24.3 Å². The summed E-state index contributed by atoms with van der Waals surface area (Å²) in [5.74, 6) is -0.239. The molecule has 0 saturated carbocycles. The van der Waals surface area contributed by atoms with Crippen molar-refractivity contribution in [2.24, 2.45) is 5.92 Å². The van der Waals surface area contributed by atoms with E-state index in [9.17, 15) is 14.4 Å². The first-order valence-electron chi connectivity index (χ1n) is 8.06. The highest BCUT2D eigenvalue weighted by Crippen LogP contribution is 2.22. The Balaban J connectivity index is 2.23. The molecule has 2 N–H and O–H groups in total. The molecule has 0 unspecified atom stereocenters. The SMILES string of the molecule is COC(=O)c1c(SCC(=O)NCCC(C)C)[nH]c2ccccc2c1=O. The minimum absolute atomic E-state index is 0.0684. The van der Waals surface area contributed by atoms with Crippen molar-refractivity contribution in [1.29, 1.82) is 0 Å². The average molecular weight is 362 g/mol. The molecule has 2 aromatic rings. The molecule has 0 radical (unpaired) electrons. The van der Waals surface area contributed by atoms with Crippen LogP contribution in [0.5, 0.6) is 0 Å². The van der Waals surface area contributed by atoms with Gasteiger partial charge in [0.05, 0.1) is 23.4 Å². The molecule has 0 fully saturated rings. The lowest BCUT2D eigenvalue weighted by Crippen LogP contribution is -2.27. The lowest BCUT2D eigenvalue weighted by molar-refractivity contribution is -0.118. The fraction of sp³-hybridized carbons (Fsp3) is 0.389. The smallest absolute Gasteiger partial charge is 0.344 e. The number of para-hydroxylation sites is 1. The predicted molar refractivity (Wildman–Crippen MR) is 99.1 cm³/mol. The van der Waals surface area contributed by atoms with E-state index >= 15 is 0 Å². The molecule has 25 heavy (non-hydrogen) atoms. The molecule has 0 aliphatic heterocycles. The average Bonchev–Trinajstić information content (AvgIpc) is 2.59. The van der Waals surface area contributed by atoms with Crippen LogP contribution in [0.2, 0.25) is 0 Å². The van der Waals surface area contributed by atoms with Crippen LogP contribution in [0.25, 0.3) is 10.9 Å². The van der Waals surface area contributed by atoms with Gasteiger partial charge >= 0.3 is 5.97 Å². The summed E-state index contributed by atoms with van der Waals surface area (Å²) >= 11 is 1.12. The van der Waals surface area contributed by atoms with Crippen molar-refractivity contribution < 1.29 is 14.3 Å². The van der Waals surface area contributed by atoms with Gasteiger partial charge in [-0.1, -0.05) is 37.7 Å². The Hall–Kier alpha value is -2.28. The maximum Gasteiger partial charge on any atom is 0.344 e. The van der Waals surface area contributed by atoms with E-state index in [1.807, 2.05) is 0 Å². The molecule has 0 spiro atoms. The van der Waals surface area contributed by atoms with Gasteiger partial charge in [0, 0.05) is 11.9 Å². The summed E-state index contributed by atoms with van der Waals surface area (Å²) in [6, 6.07) is 6.93. The summed E-state index contributed by atoms with van der Waals surface area (Å²) in [6.45, 7) is 4.78. The third kappa shape index (κ3) is 4.85. The van der Waals surface area contributed by atoms with Gasteiger partial charge in [0.1, 0.15) is 5.56 Å². The second-order valence-corrected chi connectivity index (χ2v) is 7.00. The summed E-state index contributed by atoms with van der Waals surface area (Å²) in [6.07, 6.45) is 0.899. The Labute approximate surface area is 150 Å². The van der Waals surface area contributed by atoms with Crippen LogP contribution in [0.1, 0.15) is 30.6 Å².